The Labute approximate surface area is 314 Å². The molecule has 11 heteroatoms. The van der Waals surface area contributed by atoms with Crippen LogP contribution in [0.5, 0.6) is 0 Å². The molecule has 51 heavy (non-hydrogen) atoms. The van der Waals surface area contributed by atoms with Crippen molar-refractivity contribution < 1.29 is 30.0 Å². The number of thiophene rings is 5. The fourth-order valence-electron chi connectivity index (χ4n) is 5.75. The van der Waals surface area contributed by atoms with Crippen molar-refractivity contribution in [3.8, 4) is 59.9 Å². The van der Waals surface area contributed by atoms with Gasteiger partial charge in [-0.1, -0.05) is 48.5 Å². The molecule has 5 aromatic heterocycles. The molecule has 0 saturated heterocycles. The van der Waals surface area contributed by atoms with Crippen molar-refractivity contribution in [3.05, 3.63) is 119 Å². The van der Waals surface area contributed by atoms with Crippen molar-refractivity contribution >= 4 is 68.6 Å². The molecule has 0 saturated carbocycles. The normalized spacial score (nSPS) is 11.3. The molecule has 0 amide bonds. The fraction of sp³-hybridized carbons (Fsp3) is 0.150. The van der Waals surface area contributed by atoms with Gasteiger partial charge in [0.25, 0.3) is 0 Å². The molecule has 258 valence electrons. The van der Waals surface area contributed by atoms with Crippen LogP contribution in [-0.4, -0.2) is 32.4 Å². The molecule has 0 aliphatic carbocycles. The van der Waals surface area contributed by atoms with Gasteiger partial charge in [0, 0.05) is 61.6 Å². The van der Waals surface area contributed by atoms with Crippen LogP contribution in [0.2, 0.25) is 0 Å². The SMILES string of the molecule is O=C(O)CCc1cc(-c2ccc(-c3ccc(CO)cc3)s2)sc1-c1ccc(-c2sc(-c3ccc(-c4ccc(CO)cc4)s3)cc2CCC(=O)O)s1. The van der Waals surface area contributed by atoms with Crippen LogP contribution in [0, 0.1) is 0 Å². The largest absolute Gasteiger partial charge is 0.481 e. The van der Waals surface area contributed by atoms with Crippen LogP contribution in [0.1, 0.15) is 35.1 Å². The van der Waals surface area contributed by atoms with Crippen molar-refractivity contribution in [1.82, 2.24) is 0 Å². The summed E-state index contributed by atoms with van der Waals surface area (Å²) in [5, 5.41) is 37.9. The molecule has 4 N–H and O–H groups in total. The Morgan fingerprint density at radius 1 is 0.431 bits per heavy atom. The Kier molecular flexibility index (Phi) is 10.8. The molecule has 2 aromatic carbocycles. The number of carboxylic acid groups (broad SMARTS) is 2. The van der Waals surface area contributed by atoms with Crippen molar-refractivity contribution in [2.45, 2.75) is 38.9 Å². The molecule has 5 heterocycles. The van der Waals surface area contributed by atoms with Gasteiger partial charge in [-0.05, 0) is 94.8 Å². The van der Waals surface area contributed by atoms with Crippen LogP contribution in [0.25, 0.3) is 59.9 Å². The van der Waals surface area contributed by atoms with Gasteiger partial charge >= 0.3 is 11.9 Å². The van der Waals surface area contributed by atoms with Crippen molar-refractivity contribution in [1.29, 1.82) is 0 Å². The molecule has 7 aromatic rings. The van der Waals surface area contributed by atoms with E-state index in [9.17, 15) is 30.0 Å². The lowest BCUT2D eigenvalue weighted by Crippen LogP contribution is -1.97. The average Bonchev–Trinajstić information content (AvgIpc) is 3.98. The minimum Gasteiger partial charge on any atom is -0.481 e. The Hall–Kier alpha value is -4.20. The predicted molar refractivity (Wildman–Crippen MR) is 212 cm³/mol. The third kappa shape index (κ3) is 8.00. The van der Waals surface area contributed by atoms with Crippen LogP contribution in [0.15, 0.2) is 97.1 Å². The summed E-state index contributed by atoms with van der Waals surface area (Å²) >= 11 is 8.38. The molecule has 0 spiro atoms. The van der Waals surface area contributed by atoms with Gasteiger partial charge in [-0.2, -0.15) is 0 Å². The second-order valence-electron chi connectivity index (χ2n) is 11.9. The first kappa shape index (κ1) is 35.2. The van der Waals surface area contributed by atoms with Gasteiger partial charge in [-0.15, -0.1) is 56.7 Å². The van der Waals surface area contributed by atoms with Gasteiger partial charge in [0.2, 0.25) is 0 Å². The molecular formula is C40H32O6S5. The predicted octanol–water partition coefficient (Wildman–Crippen LogP) is 11.0. The average molecular weight is 769 g/mol. The van der Waals surface area contributed by atoms with E-state index in [2.05, 4.69) is 48.5 Å². The smallest absolute Gasteiger partial charge is 0.303 e. The summed E-state index contributed by atoms with van der Waals surface area (Å²) in [7, 11) is 0. The number of aryl methyl sites for hydroxylation is 2. The summed E-state index contributed by atoms with van der Waals surface area (Å²) < 4.78 is 0. The van der Waals surface area contributed by atoms with Gasteiger partial charge < -0.3 is 20.4 Å². The highest BCUT2D eigenvalue weighted by molar-refractivity contribution is 7.30. The highest BCUT2D eigenvalue weighted by Gasteiger charge is 2.20. The van der Waals surface area contributed by atoms with E-state index in [-0.39, 0.29) is 26.1 Å². The van der Waals surface area contributed by atoms with E-state index in [1.165, 1.54) is 0 Å². The van der Waals surface area contributed by atoms with Gasteiger partial charge in [0.05, 0.1) is 13.2 Å². The molecule has 0 bridgehead atoms. The van der Waals surface area contributed by atoms with Gasteiger partial charge in [-0.3, -0.25) is 9.59 Å². The first-order chi connectivity index (χ1) is 24.8. The van der Waals surface area contributed by atoms with Crippen LogP contribution in [0.3, 0.4) is 0 Å². The lowest BCUT2D eigenvalue weighted by molar-refractivity contribution is -0.138. The number of hydrogen-bond acceptors (Lipinski definition) is 9. The van der Waals surface area contributed by atoms with Gasteiger partial charge in [-0.25, -0.2) is 0 Å². The maximum atomic E-state index is 11.6. The third-order valence-corrected chi connectivity index (χ3v) is 14.9. The summed E-state index contributed by atoms with van der Waals surface area (Å²) in [5.41, 5.74) is 5.91. The Balaban J connectivity index is 1.21. The number of carbonyl (C=O) groups is 2. The van der Waals surface area contributed by atoms with E-state index in [1.807, 2.05) is 48.5 Å². The lowest BCUT2D eigenvalue weighted by atomic mass is 10.1. The lowest BCUT2D eigenvalue weighted by Gasteiger charge is -2.01. The standard InChI is InChI=1S/C40H32O6S5/c41-21-23-1-5-25(6-2-23)29-11-13-31(47-29)35-19-27(9-17-37(43)44)39(50-35)33-15-16-34(49-33)40-28(10-18-38(45)46)20-36(51-40)32-14-12-30(48-32)26-7-3-24(22-42)4-8-26/h1-8,11-16,19-20,41-42H,9-10,17-18,21-22H2,(H,43,44)(H,45,46). The summed E-state index contributed by atoms with van der Waals surface area (Å²) in [6, 6.07) is 32.6. The number of hydrogen-bond donors (Lipinski definition) is 4. The number of aliphatic carboxylic acids is 2. The van der Waals surface area contributed by atoms with Crippen LogP contribution >= 0.6 is 56.7 Å². The third-order valence-electron chi connectivity index (χ3n) is 8.43. The Bertz CT molecular complexity index is 2140. The first-order valence-corrected chi connectivity index (χ1v) is 20.3. The fourth-order valence-corrected chi connectivity index (χ4v) is 11.7. The van der Waals surface area contributed by atoms with Gasteiger partial charge in [0.1, 0.15) is 0 Å². The Morgan fingerprint density at radius 2 is 0.784 bits per heavy atom. The minimum atomic E-state index is -0.835. The Morgan fingerprint density at radius 3 is 1.16 bits per heavy atom. The summed E-state index contributed by atoms with van der Waals surface area (Å²) in [4.78, 5) is 34.1. The van der Waals surface area contributed by atoms with E-state index in [4.69, 9.17) is 0 Å². The minimum absolute atomic E-state index is 0.00684. The number of aliphatic hydroxyl groups excluding tert-OH is 2. The van der Waals surface area contributed by atoms with E-state index in [1.54, 1.807) is 56.7 Å². The molecule has 0 radical (unpaired) electrons. The van der Waals surface area contributed by atoms with E-state index < -0.39 is 11.9 Å². The summed E-state index contributed by atoms with van der Waals surface area (Å²) in [6.45, 7) is 0.0137. The molecule has 0 fully saturated rings. The zero-order chi connectivity index (χ0) is 35.5. The van der Waals surface area contributed by atoms with E-state index >= 15 is 0 Å². The number of carboxylic acids is 2. The molecule has 0 aliphatic heterocycles. The van der Waals surface area contributed by atoms with Gasteiger partial charge in [0.15, 0.2) is 0 Å². The first-order valence-electron chi connectivity index (χ1n) is 16.2. The van der Waals surface area contributed by atoms with Crippen LogP contribution in [0.4, 0.5) is 0 Å². The van der Waals surface area contributed by atoms with Crippen LogP contribution < -0.4 is 0 Å². The molecule has 0 unspecified atom stereocenters. The number of rotatable bonds is 14. The number of benzene rings is 2. The maximum absolute atomic E-state index is 11.6. The van der Waals surface area contributed by atoms with E-state index in [0.717, 1.165) is 82.2 Å². The second-order valence-corrected chi connectivity index (χ2v) is 17.3. The molecular weight excluding hydrogens is 737 g/mol. The summed E-state index contributed by atoms with van der Waals surface area (Å²) in [5.74, 6) is -1.67. The van der Waals surface area contributed by atoms with E-state index in [0.29, 0.717) is 12.8 Å². The quantitative estimate of drug-likeness (QED) is 0.0876. The second kappa shape index (κ2) is 15.6. The zero-order valence-corrected chi connectivity index (χ0v) is 31.2. The van der Waals surface area contributed by atoms with Crippen molar-refractivity contribution in [3.63, 3.8) is 0 Å². The molecule has 0 aliphatic rings. The zero-order valence-electron chi connectivity index (χ0n) is 27.1. The molecule has 6 nitrogen and oxygen atoms in total. The van der Waals surface area contributed by atoms with Crippen molar-refractivity contribution in [2.24, 2.45) is 0 Å². The molecule has 7 rings (SSSR count). The summed E-state index contributed by atoms with van der Waals surface area (Å²) in [6.07, 6.45) is 0.921. The highest BCUT2D eigenvalue weighted by Crippen LogP contribution is 2.49. The van der Waals surface area contributed by atoms with Crippen LogP contribution in [-0.2, 0) is 35.6 Å². The maximum Gasteiger partial charge on any atom is 0.303 e. The highest BCUT2D eigenvalue weighted by atomic mass is 32.1. The number of aliphatic hydroxyl groups is 2. The topological polar surface area (TPSA) is 115 Å². The molecule has 0 atom stereocenters. The van der Waals surface area contributed by atoms with Crippen molar-refractivity contribution in [2.75, 3.05) is 0 Å². The monoisotopic (exact) mass is 768 g/mol.